The molecule has 0 fully saturated rings. The predicted octanol–water partition coefficient (Wildman–Crippen LogP) is 2.84. The van der Waals surface area contributed by atoms with E-state index in [0.717, 1.165) is 25.3 Å². The van der Waals surface area contributed by atoms with Crippen LogP contribution in [0.25, 0.3) is 0 Å². The summed E-state index contributed by atoms with van der Waals surface area (Å²) < 4.78 is 0. The molecular weight excluding hydrogens is 194 g/mol. The Kier molecular flexibility index (Phi) is 5.65. The Morgan fingerprint density at radius 2 is 2.00 bits per heavy atom. The van der Waals surface area contributed by atoms with Gasteiger partial charge in [-0.1, -0.05) is 30.3 Å². The number of halogens is 1. The third-order valence-corrected chi connectivity index (χ3v) is 2.46. The molecule has 0 unspecified atom stereocenters. The molecular formula is C12H18ClN. The predicted molar refractivity (Wildman–Crippen MR) is 62.9 cm³/mol. The molecule has 1 rings (SSSR count). The minimum Gasteiger partial charge on any atom is -0.314 e. The van der Waals surface area contributed by atoms with Crippen molar-refractivity contribution in [2.24, 2.45) is 0 Å². The van der Waals surface area contributed by atoms with Crippen LogP contribution in [0.4, 0.5) is 0 Å². The highest BCUT2D eigenvalue weighted by Gasteiger charge is 2.01. The Balaban J connectivity index is 2.23. The van der Waals surface area contributed by atoms with E-state index < -0.39 is 0 Å². The zero-order valence-corrected chi connectivity index (χ0v) is 9.43. The molecule has 0 saturated carbocycles. The summed E-state index contributed by atoms with van der Waals surface area (Å²) in [4.78, 5) is 0. The Bertz CT molecular complexity index is 235. The fourth-order valence-corrected chi connectivity index (χ4v) is 1.59. The molecule has 0 radical (unpaired) electrons. The molecule has 0 spiro atoms. The SMILES string of the molecule is C[C@@H](Cc1ccccc1)NCCCCl. The third kappa shape index (κ3) is 4.64. The van der Waals surface area contributed by atoms with Gasteiger partial charge in [0.05, 0.1) is 0 Å². The number of benzene rings is 1. The first-order chi connectivity index (χ1) is 6.83. The first-order valence-corrected chi connectivity index (χ1v) is 5.69. The van der Waals surface area contributed by atoms with Gasteiger partial charge in [-0.3, -0.25) is 0 Å². The van der Waals surface area contributed by atoms with E-state index in [1.165, 1.54) is 5.56 Å². The van der Waals surface area contributed by atoms with Crippen LogP contribution in [0.15, 0.2) is 30.3 Å². The van der Waals surface area contributed by atoms with Crippen LogP contribution in [0.3, 0.4) is 0 Å². The highest BCUT2D eigenvalue weighted by atomic mass is 35.5. The zero-order valence-electron chi connectivity index (χ0n) is 8.67. The van der Waals surface area contributed by atoms with Gasteiger partial charge in [0.2, 0.25) is 0 Å². The molecule has 1 atom stereocenters. The molecule has 0 heterocycles. The third-order valence-electron chi connectivity index (χ3n) is 2.19. The van der Waals surface area contributed by atoms with Gasteiger partial charge in [-0.25, -0.2) is 0 Å². The lowest BCUT2D eigenvalue weighted by molar-refractivity contribution is 0.544. The fourth-order valence-electron chi connectivity index (χ4n) is 1.46. The molecule has 78 valence electrons. The Labute approximate surface area is 91.5 Å². The average Bonchev–Trinajstić information content (AvgIpc) is 2.20. The Morgan fingerprint density at radius 1 is 1.29 bits per heavy atom. The van der Waals surface area contributed by atoms with Crippen molar-refractivity contribution < 1.29 is 0 Å². The molecule has 0 saturated heterocycles. The van der Waals surface area contributed by atoms with E-state index in [9.17, 15) is 0 Å². The van der Waals surface area contributed by atoms with E-state index in [0.29, 0.717) is 6.04 Å². The van der Waals surface area contributed by atoms with Crippen LogP contribution in [0.1, 0.15) is 18.9 Å². The maximum absolute atomic E-state index is 5.61. The van der Waals surface area contributed by atoms with Crippen molar-refractivity contribution in [3.05, 3.63) is 35.9 Å². The molecule has 0 amide bonds. The summed E-state index contributed by atoms with van der Waals surface area (Å²) in [5.41, 5.74) is 1.39. The van der Waals surface area contributed by atoms with Gasteiger partial charge in [0.1, 0.15) is 0 Å². The molecule has 0 aliphatic rings. The average molecular weight is 212 g/mol. The number of hydrogen-bond donors (Lipinski definition) is 1. The van der Waals surface area contributed by atoms with Crippen molar-refractivity contribution in [2.45, 2.75) is 25.8 Å². The van der Waals surface area contributed by atoms with E-state index in [2.05, 4.69) is 42.6 Å². The second-order valence-electron chi connectivity index (χ2n) is 3.59. The van der Waals surface area contributed by atoms with Gasteiger partial charge >= 0.3 is 0 Å². The summed E-state index contributed by atoms with van der Waals surface area (Å²) in [6.07, 6.45) is 2.13. The molecule has 1 aromatic rings. The molecule has 1 nitrogen and oxygen atoms in total. The van der Waals surface area contributed by atoms with E-state index in [1.807, 2.05) is 0 Å². The lowest BCUT2D eigenvalue weighted by Gasteiger charge is -2.13. The summed E-state index contributed by atoms with van der Waals surface area (Å²) in [6, 6.07) is 11.1. The van der Waals surface area contributed by atoms with Crippen molar-refractivity contribution in [3.63, 3.8) is 0 Å². The van der Waals surface area contributed by atoms with Crippen LogP contribution in [0.5, 0.6) is 0 Å². The molecule has 14 heavy (non-hydrogen) atoms. The lowest BCUT2D eigenvalue weighted by Crippen LogP contribution is -2.29. The summed E-state index contributed by atoms with van der Waals surface area (Å²) in [6.45, 7) is 3.22. The molecule has 0 aromatic heterocycles. The number of nitrogens with one attached hydrogen (secondary N) is 1. The second kappa shape index (κ2) is 6.86. The second-order valence-corrected chi connectivity index (χ2v) is 3.97. The van der Waals surface area contributed by atoms with Crippen molar-refractivity contribution in [3.8, 4) is 0 Å². The molecule has 0 aliphatic heterocycles. The van der Waals surface area contributed by atoms with Crippen LogP contribution < -0.4 is 5.32 Å². The van der Waals surface area contributed by atoms with Gasteiger partial charge in [0, 0.05) is 11.9 Å². The summed E-state index contributed by atoms with van der Waals surface area (Å²) >= 11 is 5.61. The van der Waals surface area contributed by atoms with E-state index in [1.54, 1.807) is 0 Å². The smallest absolute Gasteiger partial charge is 0.0235 e. The first kappa shape index (κ1) is 11.5. The minimum atomic E-state index is 0.528. The topological polar surface area (TPSA) is 12.0 Å². The molecule has 0 bridgehead atoms. The van der Waals surface area contributed by atoms with Gasteiger partial charge in [0.25, 0.3) is 0 Å². The number of hydrogen-bond acceptors (Lipinski definition) is 1. The van der Waals surface area contributed by atoms with Crippen LogP contribution in [0.2, 0.25) is 0 Å². The van der Waals surface area contributed by atoms with Crippen molar-refractivity contribution in [2.75, 3.05) is 12.4 Å². The number of rotatable bonds is 6. The summed E-state index contributed by atoms with van der Waals surface area (Å²) in [5.74, 6) is 0.741. The monoisotopic (exact) mass is 211 g/mol. The highest BCUT2D eigenvalue weighted by Crippen LogP contribution is 2.02. The van der Waals surface area contributed by atoms with Gasteiger partial charge in [-0.05, 0) is 31.9 Å². The maximum atomic E-state index is 5.61. The van der Waals surface area contributed by atoms with Crippen LogP contribution in [-0.4, -0.2) is 18.5 Å². The van der Waals surface area contributed by atoms with Crippen LogP contribution >= 0.6 is 11.6 Å². The summed E-state index contributed by atoms with van der Waals surface area (Å²) in [5, 5.41) is 3.45. The Hall–Kier alpha value is -0.530. The first-order valence-electron chi connectivity index (χ1n) is 5.16. The Morgan fingerprint density at radius 3 is 2.64 bits per heavy atom. The van der Waals surface area contributed by atoms with Gasteiger partial charge in [-0.15, -0.1) is 11.6 Å². The zero-order chi connectivity index (χ0) is 10.2. The fraction of sp³-hybridized carbons (Fsp3) is 0.500. The van der Waals surface area contributed by atoms with E-state index in [4.69, 9.17) is 11.6 Å². The van der Waals surface area contributed by atoms with Gasteiger partial charge in [0.15, 0.2) is 0 Å². The standard InChI is InChI=1S/C12H18ClN/c1-11(14-9-5-8-13)10-12-6-3-2-4-7-12/h2-4,6-7,11,14H,5,8-10H2,1H3/t11-/m0/s1. The molecule has 2 heteroatoms. The molecule has 1 aromatic carbocycles. The highest BCUT2D eigenvalue weighted by molar-refractivity contribution is 6.17. The quantitative estimate of drug-likeness (QED) is 0.564. The summed E-state index contributed by atoms with van der Waals surface area (Å²) in [7, 11) is 0. The van der Waals surface area contributed by atoms with E-state index in [-0.39, 0.29) is 0 Å². The van der Waals surface area contributed by atoms with Crippen molar-refractivity contribution in [1.82, 2.24) is 5.32 Å². The number of alkyl halides is 1. The van der Waals surface area contributed by atoms with Crippen molar-refractivity contribution in [1.29, 1.82) is 0 Å². The largest absolute Gasteiger partial charge is 0.314 e. The van der Waals surface area contributed by atoms with Gasteiger partial charge in [-0.2, -0.15) is 0 Å². The minimum absolute atomic E-state index is 0.528. The lowest BCUT2D eigenvalue weighted by atomic mass is 10.1. The maximum Gasteiger partial charge on any atom is 0.0235 e. The van der Waals surface area contributed by atoms with Gasteiger partial charge < -0.3 is 5.32 Å². The van der Waals surface area contributed by atoms with Crippen LogP contribution in [0, 0.1) is 0 Å². The molecule has 0 aliphatic carbocycles. The molecule has 1 N–H and O–H groups in total. The normalized spacial score (nSPS) is 12.7. The van der Waals surface area contributed by atoms with Crippen molar-refractivity contribution >= 4 is 11.6 Å². The van der Waals surface area contributed by atoms with E-state index >= 15 is 0 Å². The van der Waals surface area contributed by atoms with Crippen LogP contribution in [-0.2, 0) is 6.42 Å².